The van der Waals surface area contributed by atoms with Crippen LogP contribution in [0, 0.1) is 6.92 Å². The number of aliphatic hydroxyl groups excluding tert-OH is 1. The van der Waals surface area contributed by atoms with Gasteiger partial charge in [-0.1, -0.05) is 5.21 Å². The smallest absolute Gasteiger partial charge is 0.0722 e. The predicted octanol–water partition coefficient (Wildman–Crippen LogP) is -0.0327. The zero-order valence-electron chi connectivity index (χ0n) is 6.15. The van der Waals surface area contributed by atoms with Crippen LogP contribution in [-0.4, -0.2) is 26.2 Å². The Morgan fingerprint density at radius 3 is 2.90 bits per heavy atom. The second kappa shape index (κ2) is 2.79. The number of aliphatic hydroxyl groups is 1. The summed E-state index contributed by atoms with van der Waals surface area (Å²) < 4.78 is 1.67. The minimum atomic E-state index is -0.361. The van der Waals surface area contributed by atoms with Crippen molar-refractivity contribution in [3.63, 3.8) is 0 Å². The molecule has 4 heteroatoms. The highest BCUT2D eigenvalue weighted by molar-refractivity contribution is 4.88. The van der Waals surface area contributed by atoms with Crippen LogP contribution < -0.4 is 0 Å². The fraction of sp³-hybridized carbons (Fsp3) is 0.667. The van der Waals surface area contributed by atoms with Crippen LogP contribution in [-0.2, 0) is 6.54 Å². The first-order valence-corrected chi connectivity index (χ1v) is 3.23. The quantitative estimate of drug-likeness (QED) is 0.629. The van der Waals surface area contributed by atoms with Crippen LogP contribution in [0.2, 0.25) is 0 Å². The summed E-state index contributed by atoms with van der Waals surface area (Å²) in [7, 11) is 0. The van der Waals surface area contributed by atoms with Crippen LogP contribution in [0.3, 0.4) is 0 Å². The molecule has 1 aromatic rings. The van der Waals surface area contributed by atoms with E-state index in [0.29, 0.717) is 6.54 Å². The lowest BCUT2D eigenvalue weighted by Crippen LogP contribution is -2.14. The first kappa shape index (κ1) is 7.21. The van der Waals surface area contributed by atoms with E-state index in [0.717, 1.165) is 5.69 Å². The van der Waals surface area contributed by atoms with Crippen molar-refractivity contribution in [2.75, 3.05) is 0 Å². The Hall–Kier alpha value is -0.900. The summed E-state index contributed by atoms with van der Waals surface area (Å²) in [6, 6.07) is 0. The predicted molar refractivity (Wildman–Crippen MR) is 36.4 cm³/mol. The largest absolute Gasteiger partial charge is 0.391 e. The van der Waals surface area contributed by atoms with Gasteiger partial charge in [-0.3, -0.25) is 0 Å². The fourth-order valence-electron chi connectivity index (χ4n) is 0.740. The van der Waals surface area contributed by atoms with Gasteiger partial charge in [0, 0.05) is 0 Å². The van der Waals surface area contributed by atoms with Crippen molar-refractivity contribution in [1.29, 1.82) is 0 Å². The van der Waals surface area contributed by atoms with Gasteiger partial charge in [-0.2, -0.15) is 0 Å². The van der Waals surface area contributed by atoms with Crippen molar-refractivity contribution in [3.8, 4) is 0 Å². The molecule has 0 spiro atoms. The number of hydrogen-bond donors (Lipinski definition) is 1. The lowest BCUT2D eigenvalue weighted by molar-refractivity contribution is 0.166. The third-order valence-electron chi connectivity index (χ3n) is 1.25. The summed E-state index contributed by atoms with van der Waals surface area (Å²) >= 11 is 0. The van der Waals surface area contributed by atoms with Crippen molar-refractivity contribution in [2.45, 2.75) is 26.5 Å². The molecule has 1 atom stereocenters. The molecule has 0 saturated heterocycles. The van der Waals surface area contributed by atoms with Crippen LogP contribution in [0.1, 0.15) is 12.6 Å². The molecule has 0 bridgehead atoms. The summed E-state index contributed by atoms with van der Waals surface area (Å²) in [5, 5.41) is 16.4. The molecule has 0 aromatic carbocycles. The molecule has 0 amide bonds. The molecular weight excluding hydrogens is 130 g/mol. The molecule has 4 nitrogen and oxygen atoms in total. The van der Waals surface area contributed by atoms with E-state index >= 15 is 0 Å². The van der Waals surface area contributed by atoms with E-state index in [1.807, 2.05) is 6.92 Å². The van der Waals surface area contributed by atoms with Crippen molar-refractivity contribution in [3.05, 3.63) is 11.9 Å². The van der Waals surface area contributed by atoms with Gasteiger partial charge >= 0.3 is 0 Å². The molecule has 0 aliphatic heterocycles. The average molecular weight is 141 g/mol. The minimum absolute atomic E-state index is 0.361. The van der Waals surface area contributed by atoms with E-state index in [9.17, 15) is 0 Å². The normalized spacial score (nSPS) is 13.5. The van der Waals surface area contributed by atoms with E-state index in [1.165, 1.54) is 0 Å². The lowest BCUT2D eigenvalue weighted by Gasteiger charge is -2.03. The molecule has 56 valence electrons. The summed E-state index contributed by atoms with van der Waals surface area (Å²) in [6.07, 6.45) is 1.31. The fourth-order valence-corrected chi connectivity index (χ4v) is 0.740. The van der Waals surface area contributed by atoms with E-state index < -0.39 is 0 Å². The van der Waals surface area contributed by atoms with Gasteiger partial charge in [-0.05, 0) is 13.8 Å². The monoisotopic (exact) mass is 141 g/mol. The Morgan fingerprint density at radius 2 is 2.50 bits per heavy atom. The first-order valence-electron chi connectivity index (χ1n) is 3.23. The molecule has 0 fully saturated rings. The first-order chi connectivity index (χ1) is 4.70. The summed E-state index contributed by atoms with van der Waals surface area (Å²) in [4.78, 5) is 0. The maximum Gasteiger partial charge on any atom is 0.0722 e. The number of aromatic nitrogens is 3. The Balaban J connectivity index is 2.65. The van der Waals surface area contributed by atoms with Crippen molar-refractivity contribution in [2.24, 2.45) is 0 Å². The van der Waals surface area contributed by atoms with Crippen molar-refractivity contribution >= 4 is 0 Å². The number of nitrogens with zero attached hydrogens (tertiary/aromatic N) is 3. The van der Waals surface area contributed by atoms with Gasteiger partial charge in [-0.25, -0.2) is 4.68 Å². The highest BCUT2D eigenvalue weighted by Crippen LogP contribution is 1.94. The van der Waals surface area contributed by atoms with E-state index in [-0.39, 0.29) is 6.10 Å². The Kier molecular flexibility index (Phi) is 2.01. The Labute approximate surface area is 59.5 Å². The summed E-state index contributed by atoms with van der Waals surface area (Å²) in [5.74, 6) is 0. The van der Waals surface area contributed by atoms with E-state index in [2.05, 4.69) is 10.3 Å². The number of hydrogen-bond acceptors (Lipinski definition) is 3. The maximum atomic E-state index is 8.96. The third kappa shape index (κ3) is 1.54. The zero-order valence-corrected chi connectivity index (χ0v) is 6.15. The van der Waals surface area contributed by atoms with Crippen LogP contribution >= 0.6 is 0 Å². The average Bonchev–Trinajstić information content (AvgIpc) is 2.15. The minimum Gasteiger partial charge on any atom is -0.391 e. The van der Waals surface area contributed by atoms with Gasteiger partial charge in [0.15, 0.2) is 0 Å². The highest BCUT2D eigenvalue weighted by atomic mass is 16.3. The molecule has 1 unspecified atom stereocenters. The highest BCUT2D eigenvalue weighted by Gasteiger charge is 2.00. The molecule has 0 aliphatic carbocycles. The molecule has 1 N–H and O–H groups in total. The zero-order chi connectivity index (χ0) is 7.56. The van der Waals surface area contributed by atoms with Gasteiger partial charge < -0.3 is 5.11 Å². The van der Waals surface area contributed by atoms with Gasteiger partial charge in [0.2, 0.25) is 0 Å². The van der Waals surface area contributed by atoms with Crippen LogP contribution in [0.5, 0.6) is 0 Å². The van der Waals surface area contributed by atoms with Gasteiger partial charge in [0.25, 0.3) is 0 Å². The SMILES string of the molecule is Cc1cnnn1CC(C)O. The third-order valence-corrected chi connectivity index (χ3v) is 1.25. The molecule has 1 heterocycles. The molecule has 0 radical (unpaired) electrons. The van der Waals surface area contributed by atoms with Gasteiger partial charge in [0.1, 0.15) is 0 Å². The Morgan fingerprint density at radius 1 is 1.80 bits per heavy atom. The molecule has 1 aromatic heterocycles. The summed E-state index contributed by atoms with van der Waals surface area (Å²) in [5.41, 5.74) is 0.973. The second-order valence-corrected chi connectivity index (χ2v) is 2.41. The molecule has 10 heavy (non-hydrogen) atoms. The maximum absolute atomic E-state index is 8.96. The van der Waals surface area contributed by atoms with Gasteiger partial charge in [0.05, 0.1) is 24.5 Å². The van der Waals surface area contributed by atoms with Crippen molar-refractivity contribution < 1.29 is 5.11 Å². The van der Waals surface area contributed by atoms with Crippen LogP contribution in [0.4, 0.5) is 0 Å². The van der Waals surface area contributed by atoms with E-state index in [1.54, 1.807) is 17.8 Å². The molecule has 1 rings (SSSR count). The molecular formula is C6H11N3O. The second-order valence-electron chi connectivity index (χ2n) is 2.41. The number of aryl methyl sites for hydroxylation is 1. The molecule has 0 aliphatic rings. The van der Waals surface area contributed by atoms with E-state index in [4.69, 9.17) is 5.11 Å². The summed E-state index contributed by atoms with van der Waals surface area (Å²) in [6.45, 7) is 4.15. The number of rotatable bonds is 2. The van der Waals surface area contributed by atoms with Crippen molar-refractivity contribution in [1.82, 2.24) is 15.0 Å². The van der Waals surface area contributed by atoms with Crippen LogP contribution in [0.25, 0.3) is 0 Å². The van der Waals surface area contributed by atoms with Crippen LogP contribution in [0.15, 0.2) is 6.20 Å². The standard InChI is InChI=1S/C6H11N3O/c1-5-3-7-8-9(5)4-6(2)10/h3,6,10H,4H2,1-2H3. The lowest BCUT2D eigenvalue weighted by atomic mass is 10.4. The molecule has 0 saturated carbocycles. The van der Waals surface area contributed by atoms with Gasteiger partial charge in [-0.15, -0.1) is 5.10 Å². The topological polar surface area (TPSA) is 50.9 Å². The Bertz CT molecular complexity index is 207.